The molecule has 0 aromatic heterocycles. The van der Waals surface area contributed by atoms with E-state index in [1.165, 1.54) is 38.5 Å². The molecule has 1 saturated heterocycles. The smallest absolute Gasteiger partial charge is 0.306 e. The van der Waals surface area contributed by atoms with E-state index in [4.69, 9.17) is 14.7 Å². The maximum atomic E-state index is 12.8. The third-order valence-corrected chi connectivity index (χ3v) is 9.79. The van der Waals surface area contributed by atoms with Gasteiger partial charge in [-0.15, -0.1) is 0 Å². The fourth-order valence-corrected chi connectivity index (χ4v) is 8.01. The first-order valence-corrected chi connectivity index (χ1v) is 13.3. The first kappa shape index (κ1) is 25.5. The van der Waals surface area contributed by atoms with Crippen molar-refractivity contribution in [2.75, 3.05) is 7.11 Å². The molecule has 8 atom stereocenters. The van der Waals surface area contributed by atoms with Gasteiger partial charge in [-0.1, -0.05) is 47.0 Å². The average Bonchev–Trinajstić information content (AvgIpc) is 3.08. The molecule has 0 amide bonds. The number of ether oxygens (including phenoxy) is 2. The summed E-state index contributed by atoms with van der Waals surface area (Å²) in [7, 11) is 1.67. The molecular weight excluding hydrogens is 398 g/mol. The van der Waals surface area contributed by atoms with Crippen LogP contribution in [0.3, 0.4) is 0 Å². The molecule has 2 aliphatic carbocycles. The Morgan fingerprint density at radius 2 is 1.88 bits per heavy atom. The SMILES string of the molecule is COC(CC#N)CC[C@@]1(C)OC(=O)C[C@H]2C3CC[C@H](C(C)CCCC(C)C)[C@@]3(C)CC[C@@H]21. The van der Waals surface area contributed by atoms with Crippen molar-refractivity contribution in [2.45, 2.75) is 117 Å². The highest BCUT2D eigenvalue weighted by atomic mass is 16.6. The van der Waals surface area contributed by atoms with Crippen LogP contribution in [0.5, 0.6) is 0 Å². The van der Waals surface area contributed by atoms with Crippen LogP contribution in [0.15, 0.2) is 0 Å². The van der Waals surface area contributed by atoms with Crippen LogP contribution in [0, 0.1) is 52.3 Å². The molecule has 0 bridgehead atoms. The first-order chi connectivity index (χ1) is 15.1. The fraction of sp³-hybridized carbons (Fsp3) is 0.929. The van der Waals surface area contributed by atoms with Crippen molar-refractivity contribution >= 4 is 5.97 Å². The van der Waals surface area contributed by atoms with Crippen LogP contribution in [0.2, 0.25) is 0 Å². The second-order valence-electron chi connectivity index (χ2n) is 12.2. The highest BCUT2D eigenvalue weighted by Gasteiger charge is 2.60. The summed E-state index contributed by atoms with van der Waals surface area (Å²) < 4.78 is 11.6. The van der Waals surface area contributed by atoms with Crippen molar-refractivity contribution in [3.05, 3.63) is 0 Å². The lowest BCUT2D eigenvalue weighted by Gasteiger charge is -2.56. The molecule has 0 spiro atoms. The van der Waals surface area contributed by atoms with Crippen molar-refractivity contribution in [1.29, 1.82) is 5.26 Å². The van der Waals surface area contributed by atoms with E-state index in [-0.39, 0.29) is 12.1 Å². The third-order valence-electron chi connectivity index (χ3n) is 9.79. The van der Waals surface area contributed by atoms with Gasteiger partial charge in [0.25, 0.3) is 0 Å². The molecule has 3 rings (SSSR count). The van der Waals surface area contributed by atoms with Gasteiger partial charge >= 0.3 is 5.97 Å². The van der Waals surface area contributed by atoms with Crippen molar-refractivity contribution in [3.8, 4) is 6.07 Å². The number of cyclic esters (lactones) is 1. The van der Waals surface area contributed by atoms with E-state index in [1.807, 2.05) is 0 Å². The predicted molar refractivity (Wildman–Crippen MR) is 128 cm³/mol. The van der Waals surface area contributed by atoms with Crippen LogP contribution in [-0.4, -0.2) is 24.8 Å². The second kappa shape index (κ2) is 10.5. The van der Waals surface area contributed by atoms with Gasteiger partial charge in [-0.25, -0.2) is 0 Å². The van der Waals surface area contributed by atoms with Crippen LogP contribution >= 0.6 is 0 Å². The molecule has 0 radical (unpaired) electrons. The van der Waals surface area contributed by atoms with Gasteiger partial charge in [-0.05, 0) is 80.5 Å². The molecule has 2 saturated carbocycles. The number of rotatable bonds is 10. The fourth-order valence-electron chi connectivity index (χ4n) is 8.01. The Kier molecular flexibility index (Phi) is 8.35. The van der Waals surface area contributed by atoms with E-state index < -0.39 is 5.60 Å². The zero-order valence-electron chi connectivity index (χ0n) is 21.5. The maximum absolute atomic E-state index is 12.8. The molecule has 182 valence electrons. The second-order valence-corrected chi connectivity index (χ2v) is 12.2. The van der Waals surface area contributed by atoms with E-state index >= 15 is 0 Å². The number of carbonyl (C=O) groups excluding carboxylic acids is 1. The van der Waals surface area contributed by atoms with Crippen molar-refractivity contribution in [2.24, 2.45) is 40.9 Å². The molecule has 4 nitrogen and oxygen atoms in total. The Bertz CT molecular complexity index is 685. The van der Waals surface area contributed by atoms with Crippen LogP contribution in [0.1, 0.15) is 105 Å². The van der Waals surface area contributed by atoms with Crippen LogP contribution in [0.25, 0.3) is 0 Å². The molecule has 3 aliphatic rings. The number of methoxy groups -OCH3 is 1. The number of nitrogens with zero attached hydrogens (tertiary/aromatic N) is 1. The predicted octanol–water partition coefficient (Wildman–Crippen LogP) is 6.92. The lowest BCUT2D eigenvalue weighted by Crippen LogP contribution is -2.55. The van der Waals surface area contributed by atoms with Gasteiger partial charge in [0.2, 0.25) is 0 Å². The van der Waals surface area contributed by atoms with E-state index in [0.29, 0.717) is 36.0 Å². The number of carbonyl (C=O) groups is 1. The Balaban J connectivity index is 1.71. The summed E-state index contributed by atoms with van der Waals surface area (Å²) in [5.74, 6) is 3.87. The number of fused-ring (bicyclic) bond motifs is 3. The summed E-state index contributed by atoms with van der Waals surface area (Å²) in [6.07, 6.45) is 11.5. The van der Waals surface area contributed by atoms with Gasteiger partial charge < -0.3 is 9.47 Å². The summed E-state index contributed by atoms with van der Waals surface area (Å²) in [5.41, 5.74) is -0.0542. The molecular formula is C28H47NO3. The van der Waals surface area contributed by atoms with Gasteiger partial charge in [0.05, 0.1) is 18.6 Å². The summed E-state index contributed by atoms with van der Waals surface area (Å²) in [6, 6.07) is 2.22. The van der Waals surface area contributed by atoms with Crippen molar-refractivity contribution < 1.29 is 14.3 Å². The molecule has 3 fully saturated rings. The van der Waals surface area contributed by atoms with Crippen LogP contribution in [0.4, 0.5) is 0 Å². The monoisotopic (exact) mass is 445 g/mol. The average molecular weight is 446 g/mol. The van der Waals surface area contributed by atoms with E-state index in [9.17, 15) is 4.79 Å². The van der Waals surface area contributed by atoms with Crippen molar-refractivity contribution in [3.63, 3.8) is 0 Å². The minimum atomic E-state index is -0.422. The Hall–Kier alpha value is -1.08. The van der Waals surface area contributed by atoms with E-state index in [2.05, 4.69) is 40.7 Å². The zero-order chi connectivity index (χ0) is 23.5. The van der Waals surface area contributed by atoms with Crippen LogP contribution < -0.4 is 0 Å². The van der Waals surface area contributed by atoms with Gasteiger partial charge in [-0.3, -0.25) is 4.79 Å². The van der Waals surface area contributed by atoms with Gasteiger partial charge in [-0.2, -0.15) is 5.26 Å². The summed E-state index contributed by atoms with van der Waals surface area (Å²) >= 11 is 0. The summed E-state index contributed by atoms with van der Waals surface area (Å²) in [6.45, 7) is 11.9. The molecule has 1 aliphatic heterocycles. The molecule has 4 heteroatoms. The van der Waals surface area contributed by atoms with Gasteiger partial charge in [0.1, 0.15) is 5.60 Å². The minimum Gasteiger partial charge on any atom is -0.459 e. The van der Waals surface area contributed by atoms with E-state index in [1.54, 1.807) is 7.11 Å². The quantitative estimate of drug-likeness (QED) is 0.342. The molecule has 0 aromatic carbocycles. The minimum absolute atomic E-state index is 0.0133. The maximum Gasteiger partial charge on any atom is 0.306 e. The molecule has 0 N–H and O–H groups in total. The van der Waals surface area contributed by atoms with Gasteiger partial charge in [0, 0.05) is 19.4 Å². The van der Waals surface area contributed by atoms with Crippen LogP contribution in [-0.2, 0) is 14.3 Å². The Morgan fingerprint density at radius 3 is 2.53 bits per heavy atom. The normalized spacial score (nSPS) is 38.5. The summed E-state index contributed by atoms with van der Waals surface area (Å²) in [4.78, 5) is 12.8. The standard InChI is InChI=1S/C28H47NO3/c1-19(2)8-7-9-20(3)23-10-11-24-22-18-26(30)32-28(5,16-12-21(31-6)14-17-29)25(22)13-15-27(23,24)4/h19-25H,7-16,18H2,1-6H3/t20?,21?,22-,23+,24?,25-,27+,28+/m0/s1. The first-order valence-electron chi connectivity index (χ1n) is 13.3. The van der Waals surface area contributed by atoms with Gasteiger partial charge in [0.15, 0.2) is 0 Å². The van der Waals surface area contributed by atoms with Crippen molar-refractivity contribution in [1.82, 2.24) is 0 Å². The largest absolute Gasteiger partial charge is 0.459 e. The Morgan fingerprint density at radius 1 is 1.12 bits per heavy atom. The lowest BCUT2D eigenvalue weighted by atomic mass is 9.52. The topological polar surface area (TPSA) is 59.3 Å². The molecule has 32 heavy (non-hydrogen) atoms. The Labute approximate surface area is 196 Å². The zero-order valence-corrected chi connectivity index (χ0v) is 21.5. The third kappa shape index (κ3) is 5.19. The number of hydrogen-bond donors (Lipinski definition) is 0. The van der Waals surface area contributed by atoms with E-state index in [0.717, 1.165) is 37.0 Å². The number of esters is 1. The number of hydrogen-bond acceptors (Lipinski definition) is 4. The molecule has 1 heterocycles. The lowest BCUT2D eigenvalue weighted by molar-refractivity contribution is -0.197. The highest BCUT2D eigenvalue weighted by Crippen LogP contribution is 2.64. The molecule has 0 aromatic rings. The highest BCUT2D eigenvalue weighted by molar-refractivity contribution is 5.71. The summed E-state index contributed by atoms with van der Waals surface area (Å²) in [5, 5.41) is 9.06. The molecule has 3 unspecified atom stereocenters. The number of nitriles is 1.